The highest BCUT2D eigenvalue weighted by Gasteiger charge is 2.17. The van der Waals surface area contributed by atoms with Gasteiger partial charge in [0.15, 0.2) is 0 Å². The van der Waals surface area contributed by atoms with Crippen LogP contribution < -0.4 is 4.90 Å². The molecule has 0 saturated carbocycles. The van der Waals surface area contributed by atoms with Gasteiger partial charge in [-0.25, -0.2) is 0 Å². The molecule has 0 saturated heterocycles. The zero-order valence-corrected chi connectivity index (χ0v) is 11.5. The van der Waals surface area contributed by atoms with Crippen LogP contribution in [0.1, 0.15) is 12.5 Å². The molecule has 2 nitrogen and oxygen atoms in total. The fourth-order valence-electron chi connectivity index (χ4n) is 2.95. The third-order valence-corrected chi connectivity index (χ3v) is 3.94. The van der Waals surface area contributed by atoms with Crippen LogP contribution in [0.25, 0.3) is 22.7 Å². The van der Waals surface area contributed by atoms with Gasteiger partial charge in [0.25, 0.3) is 0 Å². The lowest BCUT2D eigenvalue weighted by molar-refractivity contribution is 0.960. The lowest BCUT2D eigenvalue weighted by atomic mass is 10.1. The molecule has 0 spiro atoms. The van der Waals surface area contributed by atoms with Gasteiger partial charge in [0.05, 0.1) is 11.2 Å². The monoisotopic (exact) mass is 260 g/mol. The summed E-state index contributed by atoms with van der Waals surface area (Å²) >= 11 is 0. The summed E-state index contributed by atoms with van der Waals surface area (Å²) < 4.78 is 2.36. The summed E-state index contributed by atoms with van der Waals surface area (Å²) in [4.78, 5) is 2.29. The van der Waals surface area contributed by atoms with E-state index >= 15 is 0 Å². The van der Waals surface area contributed by atoms with Gasteiger partial charge in [0.1, 0.15) is 5.82 Å². The van der Waals surface area contributed by atoms with E-state index in [9.17, 15) is 0 Å². The molecule has 0 atom stereocenters. The lowest BCUT2D eigenvalue weighted by Gasteiger charge is -2.19. The molecule has 0 bridgehead atoms. The minimum Gasteiger partial charge on any atom is -0.334 e. The number of aromatic nitrogens is 1. The Balaban J connectivity index is 2.14. The maximum atomic E-state index is 2.36. The third kappa shape index (κ3) is 1.51. The standard InChI is InChI=1S/C18H16N2/c1-2-19-12-11-14-7-3-5-9-16(14)20-17-10-6-4-8-15(17)13-18(19)20/h3-13H,2H2,1H3. The fraction of sp³-hybridized carbons (Fsp3) is 0.111. The molecule has 3 aromatic rings. The van der Waals surface area contributed by atoms with Gasteiger partial charge in [-0.05, 0) is 31.2 Å². The van der Waals surface area contributed by atoms with Gasteiger partial charge >= 0.3 is 0 Å². The molecule has 2 aromatic carbocycles. The number of nitrogens with zero attached hydrogens (tertiary/aromatic N) is 2. The molecule has 0 amide bonds. The molecule has 1 aliphatic heterocycles. The van der Waals surface area contributed by atoms with E-state index in [1.165, 1.54) is 28.0 Å². The first-order chi connectivity index (χ1) is 9.88. The Kier molecular flexibility index (Phi) is 2.43. The van der Waals surface area contributed by atoms with E-state index in [4.69, 9.17) is 0 Å². The van der Waals surface area contributed by atoms with Crippen LogP contribution in [0.2, 0.25) is 0 Å². The van der Waals surface area contributed by atoms with E-state index in [0.29, 0.717) is 0 Å². The number of para-hydroxylation sites is 2. The number of benzene rings is 2. The highest BCUT2D eigenvalue weighted by molar-refractivity contribution is 5.89. The summed E-state index contributed by atoms with van der Waals surface area (Å²) in [6, 6.07) is 19.4. The molecule has 1 aromatic heterocycles. The third-order valence-electron chi connectivity index (χ3n) is 3.94. The van der Waals surface area contributed by atoms with E-state index in [1.807, 2.05) is 0 Å². The van der Waals surface area contributed by atoms with E-state index in [0.717, 1.165) is 6.54 Å². The number of hydrogen-bond donors (Lipinski definition) is 0. The Morgan fingerprint density at radius 3 is 2.65 bits per heavy atom. The van der Waals surface area contributed by atoms with Gasteiger partial charge in [-0.15, -0.1) is 0 Å². The minimum absolute atomic E-state index is 0.959. The summed E-state index contributed by atoms with van der Waals surface area (Å²) in [5.41, 5.74) is 3.76. The van der Waals surface area contributed by atoms with Crippen molar-refractivity contribution in [1.82, 2.24) is 4.57 Å². The van der Waals surface area contributed by atoms with Crippen LogP contribution >= 0.6 is 0 Å². The summed E-state index contributed by atoms with van der Waals surface area (Å²) in [5, 5.41) is 1.28. The quantitative estimate of drug-likeness (QED) is 0.628. The fourth-order valence-corrected chi connectivity index (χ4v) is 2.95. The molecule has 98 valence electrons. The highest BCUT2D eigenvalue weighted by atomic mass is 15.2. The van der Waals surface area contributed by atoms with Crippen molar-refractivity contribution in [2.75, 3.05) is 11.4 Å². The van der Waals surface area contributed by atoms with Crippen molar-refractivity contribution in [3.05, 3.63) is 66.4 Å². The Morgan fingerprint density at radius 2 is 1.75 bits per heavy atom. The summed E-state index contributed by atoms with van der Waals surface area (Å²) in [6.07, 6.45) is 4.37. The van der Waals surface area contributed by atoms with Gasteiger partial charge in [-0.2, -0.15) is 0 Å². The maximum Gasteiger partial charge on any atom is 0.118 e. The van der Waals surface area contributed by atoms with Crippen LogP contribution in [-0.2, 0) is 0 Å². The van der Waals surface area contributed by atoms with E-state index in [2.05, 4.69) is 83.3 Å². The Morgan fingerprint density at radius 1 is 0.950 bits per heavy atom. The van der Waals surface area contributed by atoms with Crippen LogP contribution in [0.15, 0.2) is 60.8 Å². The van der Waals surface area contributed by atoms with Crippen molar-refractivity contribution in [3.63, 3.8) is 0 Å². The second-order valence-corrected chi connectivity index (χ2v) is 5.06. The molecule has 0 fully saturated rings. The molecule has 1 aliphatic rings. The molecule has 2 heteroatoms. The Bertz CT molecular complexity index is 811. The lowest BCUT2D eigenvalue weighted by Crippen LogP contribution is -2.16. The normalized spacial score (nSPS) is 13.2. The zero-order valence-electron chi connectivity index (χ0n) is 11.5. The van der Waals surface area contributed by atoms with E-state index in [-0.39, 0.29) is 0 Å². The average molecular weight is 260 g/mol. The molecule has 0 unspecified atom stereocenters. The van der Waals surface area contributed by atoms with Gasteiger partial charge in [-0.3, -0.25) is 4.57 Å². The van der Waals surface area contributed by atoms with Gasteiger partial charge in [0.2, 0.25) is 0 Å². The predicted octanol–water partition coefficient (Wildman–Crippen LogP) is 4.44. The molecule has 2 heterocycles. The molecule has 20 heavy (non-hydrogen) atoms. The van der Waals surface area contributed by atoms with Crippen molar-refractivity contribution in [2.24, 2.45) is 0 Å². The first-order valence-electron chi connectivity index (χ1n) is 7.03. The molecular formula is C18H16N2. The van der Waals surface area contributed by atoms with Gasteiger partial charge in [-0.1, -0.05) is 36.4 Å². The van der Waals surface area contributed by atoms with Gasteiger partial charge in [0, 0.05) is 23.7 Å². The molecule has 0 radical (unpaired) electrons. The summed E-state index contributed by atoms with van der Waals surface area (Å²) in [6.45, 7) is 3.14. The SMILES string of the molecule is CCN1C=Cc2ccccc2-n2c1cc1ccccc12. The molecule has 4 rings (SSSR count). The van der Waals surface area contributed by atoms with Crippen molar-refractivity contribution in [2.45, 2.75) is 6.92 Å². The molecule has 0 aliphatic carbocycles. The smallest absolute Gasteiger partial charge is 0.118 e. The predicted molar refractivity (Wildman–Crippen MR) is 85.3 cm³/mol. The van der Waals surface area contributed by atoms with Crippen LogP contribution in [0.3, 0.4) is 0 Å². The molecule has 0 N–H and O–H groups in total. The zero-order chi connectivity index (χ0) is 13.5. The summed E-state index contributed by atoms with van der Waals surface area (Å²) in [7, 11) is 0. The average Bonchev–Trinajstić information content (AvgIpc) is 2.80. The summed E-state index contributed by atoms with van der Waals surface area (Å²) in [5.74, 6) is 1.23. The number of fused-ring (bicyclic) bond motifs is 5. The first kappa shape index (κ1) is 11.4. The number of rotatable bonds is 1. The van der Waals surface area contributed by atoms with Crippen LogP contribution in [0.4, 0.5) is 5.82 Å². The van der Waals surface area contributed by atoms with E-state index in [1.54, 1.807) is 0 Å². The van der Waals surface area contributed by atoms with Crippen molar-refractivity contribution >= 4 is 22.8 Å². The molecular weight excluding hydrogens is 244 g/mol. The highest BCUT2D eigenvalue weighted by Crippen LogP contribution is 2.34. The van der Waals surface area contributed by atoms with Crippen molar-refractivity contribution in [1.29, 1.82) is 0 Å². The van der Waals surface area contributed by atoms with Crippen LogP contribution in [-0.4, -0.2) is 11.1 Å². The second kappa shape index (κ2) is 4.27. The minimum atomic E-state index is 0.959. The number of hydrogen-bond acceptors (Lipinski definition) is 1. The second-order valence-electron chi connectivity index (χ2n) is 5.06. The van der Waals surface area contributed by atoms with Crippen molar-refractivity contribution < 1.29 is 0 Å². The first-order valence-corrected chi connectivity index (χ1v) is 7.03. The van der Waals surface area contributed by atoms with Gasteiger partial charge < -0.3 is 4.90 Å². The Hall–Kier alpha value is -2.48. The van der Waals surface area contributed by atoms with Crippen molar-refractivity contribution in [3.8, 4) is 5.69 Å². The number of anilines is 1. The topological polar surface area (TPSA) is 8.17 Å². The van der Waals surface area contributed by atoms with E-state index < -0.39 is 0 Å². The van der Waals surface area contributed by atoms with Crippen LogP contribution in [0.5, 0.6) is 0 Å². The maximum absolute atomic E-state index is 2.36. The van der Waals surface area contributed by atoms with Crippen LogP contribution in [0, 0.1) is 0 Å². The largest absolute Gasteiger partial charge is 0.334 e. The Labute approximate surface area is 118 Å².